The van der Waals surface area contributed by atoms with E-state index in [2.05, 4.69) is 15.6 Å². The van der Waals surface area contributed by atoms with Crippen LogP contribution in [0.2, 0.25) is 0 Å². The lowest BCUT2D eigenvalue weighted by molar-refractivity contribution is 0.102. The van der Waals surface area contributed by atoms with Gasteiger partial charge in [0.15, 0.2) is 0 Å². The predicted molar refractivity (Wildman–Crippen MR) is 92.3 cm³/mol. The average molecular weight is 339 g/mol. The molecule has 0 bridgehead atoms. The molecule has 6 heteroatoms. The Bertz CT molecular complexity index is 865. The number of pyridine rings is 1. The highest BCUT2D eigenvalue weighted by Crippen LogP contribution is 2.19. The monoisotopic (exact) mass is 339 g/mol. The highest BCUT2D eigenvalue weighted by Gasteiger charge is 2.14. The molecule has 0 aliphatic rings. The number of hydrogen-bond donors (Lipinski definition) is 2. The number of anilines is 2. The summed E-state index contributed by atoms with van der Waals surface area (Å²) < 4.78 is 27.3. The van der Waals surface area contributed by atoms with E-state index < -0.39 is 23.2 Å². The molecule has 0 atom stereocenters. The molecule has 2 aromatic carbocycles. The zero-order valence-corrected chi connectivity index (χ0v) is 13.2. The fraction of sp³-hybridized carbons (Fsp3) is 0.0526. The number of hydrogen-bond acceptors (Lipinski definition) is 3. The Kier molecular flexibility index (Phi) is 4.99. The highest BCUT2D eigenvalue weighted by atomic mass is 19.1. The van der Waals surface area contributed by atoms with Crippen molar-refractivity contribution < 1.29 is 13.6 Å². The maximum atomic E-state index is 13.6. The molecule has 1 aromatic heterocycles. The summed E-state index contributed by atoms with van der Waals surface area (Å²) in [7, 11) is 0. The van der Waals surface area contributed by atoms with E-state index >= 15 is 0 Å². The Morgan fingerprint density at radius 2 is 1.68 bits per heavy atom. The molecule has 0 fully saturated rings. The van der Waals surface area contributed by atoms with Crippen molar-refractivity contribution in [3.8, 4) is 0 Å². The van der Waals surface area contributed by atoms with E-state index in [9.17, 15) is 13.6 Å². The summed E-state index contributed by atoms with van der Waals surface area (Å²) in [4.78, 5) is 16.2. The number of para-hydroxylation sites is 1. The second-order valence-electron chi connectivity index (χ2n) is 5.32. The molecule has 0 aliphatic carbocycles. The number of carbonyl (C=O) groups excluding carboxylic acids is 1. The minimum Gasteiger partial charge on any atom is -0.381 e. The van der Waals surface area contributed by atoms with Crippen LogP contribution in [0.15, 0.2) is 66.9 Å². The Balaban J connectivity index is 1.71. The minimum absolute atomic E-state index is 0.0562. The van der Waals surface area contributed by atoms with Gasteiger partial charge in [0.05, 0.1) is 0 Å². The molecule has 0 saturated heterocycles. The molecule has 4 nitrogen and oxygen atoms in total. The standard InChI is InChI=1S/C19H15F2N3O/c20-15-7-4-8-16(21)18(15)24-19(25)17-11-14(9-10-22-17)23-12-13-5-2-1-3-6-13/h1-11H,12H2,(H,22,23)(H,24,25). The van der Waals surface area contributed by atoms with Crippen molar-refractivity contribution in [2.45, 2.75) is 6.54 Å². The smallest absolute Gasteiger partial charge is 0.274 e. The lowest BCUT2D eigenvalue weighted by atomic mass is 10.2. The van der Waals surface area contributed by atoms with Crippen molar-refractivity contribution in [3.05, 3.63) is 89.8 Å². The van der Waals surface area contributed by atoms with E-state index in [0.29, 0.717) is 12.2 Å². The molecule has 1 amide bonds. The van der Waals surface area contributed by atoms with Crippen molar-refractivity contribution in [2.75, 3.05) is 10.6 Å². The normalized spacial score (nSPS) is 10.3. The number of amides is 1. The SMILES string of the molecule is O=C(Nc1c(F)cccc1F)c1cc(NCc2ccccc2)ccn1. The van der Waals surface area contributed by atoms with E-state index in [1.807, 2.05) is 30.3 Å². The zero-order valence-electron chi connectivity index (χ0n) is 13.2. The summed E-state index contributed by atoms with van der Waals surface area (Å²) in [5.41, 5.74) is 1.33. The van der Waals surface area contributed by atoms with Crippen LogP contribution in [-0.4, -0.2) is 10.9 Å². The lowest BCUT2D eigenvalue weighted by Crippen LogP contribution is -2.16. The summed E-state index contributed by atoms with van der Waals surface area (Å²) in [6.07, 6.45) is 1.46. The summed E-state index contributed by atoms with van der Waals surface area (Å²) in [6.45, 7) is 0.577. The summed E-state index contributed by atoms with van der Waals surface area (Å²) in [6, 6.07) is 16.4. The fourth-order valence-electron chi connectivity index (χ4n) is 2.26. The van der Waals surface area contributed by atoms with Crippen LogP contribution in [0, 0.1) is 11.6 Å². The topological polar surface area (TPSA) is 54.0 Å². The molecular weight excluding hydrogens is 324 g/mol. The molecule has 25 heavy (non-hydrogen) atoms. The van der Waals surface area contributed by atoms with Crippen LogP contribution < -0.4 is 10.6 Å². The highest BCUT2D eigenvalue weighted by molar-refractivity contribution is 6.03. The van der Waals surface area contributed by atoms with Gasteiger partial charge in [-0.3, -0.25) is 9.78 Å². The molecule has 0 aliphatic heterocycles. The first-order chi connectivity index (χ1) is 12.1. The van der Waals surface area contributed by atoms with Crippen LogP contribution in [0.5, 0.6) is 0 Å². The van der Waals surface area contributed by atoms with E-state index in [1.165, 1.54) is 18.3 Å². The fourth-order valence-corrected chi connectivity index (χ4v) is 2.26. The Morgan fingerprint density at radius 3 is 2.40 bits per heavy atom. The molecule has 0 saturated carbocycles. The van der Waals surface area contributed by atoms with Crippen LogP contribution in [0.3, 0.4) is 0 Å². The number of nitrogens with one attached hydrogen (secondary N) is 2. The van der Waals surface area contributed by atoms with Gasteiger partial charge in [0.25, 0.3) is 5.91 Å². The third kappa shape index (κ3) is 4.17. The van der Waals surface area contributed by atoms with Gasteiger partial charge in [-0.15, -0.1) is 0 Å². The quantitative estimate of drug-likeness (QED) is 0.732. The molecule has 0 unspecified atom stereocenters. The van der Waals surface area contributed by atoms with Crippen molar-refractivity contribution in [1.82, 2.24) is 4.98 Å². The van der Waals surface area contributed by atoms with Crippen molar-refractivity contribution in [3.63, 3.8) is 0 Å². The van der Waals surface area contributed by atoms with Gasteiger partial charge >= 0.3 is 0 Å². The van der Waals surface area contributed by atoms with Crippen LogP contribution in [0.25, 0.3) is 0 Å². The molecule has 3 aromatic rings. The number of benzene rings is 2. The maximum absolute atomic E-state index is 13.6. The van der Waals surface area contributed by atoms with Gasteiger partial charge in [-0.25, -0.2) is 8.78 Å². The Hall–Kier alpha value is -3.28. The van der Waals surface area contributed by atoms with Crippen molar-refractivity contribution >= 4 is 17.3 Å². The third-order valence-electron chi connectivity index (χ3n) is 3.53. The predicted octanol–water partition coefficient (Wildman–Crippen LogP) is 4.22. The minimum atomic E-state index is -0.841. The first kappa shape index (κ1) is 16.6. The maximum Gasteiger partial charge on any atom is 0.274 e. The van der Waals surface area contributed by atoms with E-state index in [4.69, 9.17) is 0 Å². The Morgan fingerprint density at radius 1 is 0.960 bits per heavy atom. The van der Waals surface area contributed by atoms with Gasteiger partial charge in [-0.2, -0.15) is 0 Å². The van der Waals surface area contributed by atoms with Gasteiger partial charge < -0.3 is 10.6 Å². The van der Waals surface area contributed by atoms with Gasteiger partial charge in [0.2, 0.25) is 0 Å². The molecular formula is C19H15F2N3O. The molecule has 3 rings (SSSR count). The van der Waals surface area contributed by atoms with Gasteiger partial charge in [0, 0.05) is 18.4 Å². The molecule has 0 radical (unpaired) electrons. The van der Waals surface area contributed by atoms with Gasteiger partial charge in [0.1, 0.15) is 23.0 Å². The number of aromatic nitrogens is 1. The first-order valence-corrected chi connectivity index (χ1v) is 7.63. The van der Waals surface area contributed by atoms with Gasteiger partial charge in [-0.05, 0) is 29.8 Å². The van der Waals surface area contributed by atoms with E-state index in [0.717, 1.165) is 17.7 Å². The van der Waals surface area contributed by atoms with Crippen LogP contribution in [0.4, 0.5) is 20.2 Å². The largest absolute Gasteiger partial charge is 0.381 e. The molecule has 1 heterocycles. The summed E-state index contributed by atoms with van der Waals surface area (Å²) >= 11 is 0. The van der Waals surface area contributed by atoms with Crippen LogP contribution in [-0.2, 0) is 6.54 Å². The van der Waals surface area contributed by atoms with Crippen LogP contribution >= 0.6 is 0 Å². The number of rotatable bonds is 5. The number of nitrogens with zero attached hydrogens (tertiary/aromatic N) is 1. The second kappa shape index (κ2) is 7.53. The Labute approximate surface area is 143 Å². The first-order valence-electron chi connectivity index (χ1n) is 7.63. The second-order valence-corrected chi connectivity index (χ2v) is 5.32. The average Bonchev–Trinajstić information content (AvgIpc) is 2.64. The lowest BCUT2D eigenvalue weighted by Gasteiger charge is -2.09. The molecule has 126 valence electrons. The van der Waals surface area contributed by atoms with E-state index in [-0.39, 0.29) is 5.69 Å². The number of halogens is 2. The van der Waals surface area contributed by atoms with Crippen LogP contribution in [0.1, 0.15) is 16.1 Å². The summed E-state index contributed by atoms with van der Waals surface area (Å²) in [5, 5.41) is 5.39. The van der Waals surface area contributed by atoms with E-state index in [1.54, 1.807) is 6.07 Å². The van der Waals surface area contributed by atoms with Gasteiger partial charge in [-0.1, -0.05) is 36.4 Å². The zero-order chi connectivity index (χ0) is 17.6. The molecule has 2 N–H and O–H groups in total. The van der Waals surface area contributed by atoms with Crippen molar-refractivity contribution in [1.29, 1.82) is 0 Å². The third-order valence-corrected chi connectivity index (χ3v) is 3.53. The number of carbonyl (C=O) groups is 1. The van der Waals surface area contributed by atoms with Crippen molar-refractivity contribution in [2.24, 2.45) is 0 Å². The summed E-state index contributed by atoms with van der Waals surface area (Å²) in [5.74, 6) is -2.37. The molecule has 0 spiro atoms.